The predicted octanol–water partition coefficient (Wildman–Crippen LogP) is 7.73. The number of carbonyl (C=O) groups is 2. The van der Waals surface area contributed by atoms with Crippen LogP contribution in [0.4, 0.5) is 18.9 Å². The minimum Gasteiger partial charge on any atom is -0.354 e. The zero-order valence-corrected chi connectivity index (χ0v) is 29.1. The molecule has 4 aromatic carbocycles. The van der Waals surface area contributed by atoms with Gasteiger partial charge in [0.15, 0.2) is 0 Å². The average Bonchev–Trinajstić information content (AvgIpc) is 3.05. The van der Waals surface area contributed by atoms with Gasteiger partial charge in [-0.15, -0.1) is 0 Å². The van der Waals surface area contributed by atoms with Crippen LogP contribution in [0.3, 0.4) is 0 Å². The average molecular weight is 714 g/mol. The minimum absolute atomic E-state index is 0.0634. The van der Waals surface area contributed by atoms with E-state index in [-0.39, 0.29) is 17.9 Å². The van der Waals surface area contributed by atoms with Crippen LogP contribution in [0.2, 0.25) is 5.02 Å². The first-order valence-corrected chi connectivity index (χ1v) is 17.6. The van der Waals surface area contributed by atoms with Crippen molar-refractivity contribution in [3.8, 4) is 0 Å². The second-order valence-electron chi connectivity index (χ2n) is 11.8. The first-order chi connectivity index (χ1) is 23.2. The molecule has 1 N–H and O–H groups in total. The lowest BCUT2D eigenvalue weighted by molar-refractivity contribution is -0.140. The van der Waals surface area contributed by atoms with Gasteiger partial charge in [0.25, 0.3) is 10.0 Å². The van der Waals surface area contributed by atoms with E-state index in [1.165, 1.54) is 17.0 Å². The molecule has 7 nitrogen and oxygen atoms in total. The van der Waals surface area contributed by atoms with Gasteiger partial charge >= 0.3 is 6.18 Å². The normalized spacial score (nSPS) is 12.3. The van der Waals surface area contributed by atoms with Crippen LogP contribution < -0.4 is 9.62 Å². The number of nitrogens with zero attached hydrogens (tertiary/aromatic N) is 2. The second-order valence-corrected chi connectivity index (χ2v) is 14.1. The molecule has 0 fully saturated rings. The third kappa shape index (κ3) is 9.86. The molecule has 0 saturated carbocycles. The summed E-state index contributed by atoms with van der Waals surface area (Å²) in [5.74, 6) is -1.22. The molecule has 0 bridgehead atoms. The van der Waals surface area contributed by atoms with Gasteiger partial charge in [0.2, 0.25) is 11.8 Å². The van der Waals surface area contributed by atoms with Gasteiger partial charge in [-0.1, -0.05) is 103 Å². The minimum atomic E-state index is -4.90. The lowest BCUT2D eigenvalue weighted by atomic mass is 10.0. The zero-order valence-electron chi connectivity index (χ0n) is 27.5. The Morgan fingerprint density at radius 2 is 1.53 bits per heavy atom. The summed E-state index contributed by atoms with van der Waals surface area (Å²) in [6.45, 7) is 5.02. The lowest BCUT2D eigenvalue weighted by Crippen LogP contribution is -2.53. The van der Waals surface area contributed by atoms with Gasteiger partial charge < -0.3 is 10.2 Å². The number of sulfonamides is 1. The fourth-order valence-electron chi connectivity index (χ4n) is 5.32. The lowest BCUT2D eigenvalue weighted by Gasteiger charge is -2.34. The topological polar surface area (TPSA) is 86.8 Å². The molecule has 4 aromatic rings. The Labute approximate surface area is 290 Å². The Balaban J connectivity index is 1.85. The highest BCUT2D eigenvalue weighted by Crippen LogP contribution is 2.38. The Morgan fingerprint density at radius 1 is 0.857 bits per heavy atom. The number of benzene rings is 4. The molecule has 0 unspecified atom stereocenters. The number of anilines is 1. The predicted molar refractivity (Wildman–Crippen MR) is 186 cm³/mol. The molecular weight excluding hydrogens is 675 g/mol. The standard InChI is InChI=1S/C37H39ClF3N3O4S/c1-4-5-20-42-36(46)34(22-28-11-7-6-8-12-28)43(24-29-13-9-10-27(3)21-29)35(45)25-44(49(47,48)31-17-14-26(2)15-18-31)30-16-19-33(38)32(23-30)37(39,40)41/h6-19,21,23,34H,4-5,20,22,24-25H2,1-3H3,(H,42,46)/t34-/m1/s1. The summed E-state index contributed by atoms with van der Waals surface area (Å²) in [5.41, 5.74) is 1.45. The molecule has 0 saturated heterocycles. The molecule has 260 valence electrons. The van der Waals surface area contributed by atoms with Gasteiger partial charge in [0.1, 0.15) is 12.6 Å². The molecule has 0 spiro atoms. The van der Waals surface area contributed by atoms with E-state index in [1.54, 1.807) is 31.2 Å². The van der Waals surface area contributed by atoms with Gasteiger partial charge in [-0.25, -0.2) is 8.42 Å². The SMILES string of the molecule is CCCCNC(=O)[C@@H](Cc1ccccc1)N(Cc1cccc(C)c1)C(=O)CN(c1ccc(Cl)c(C(F)(F)F)c1)S(=O)(=O)c1ccc(C)cc1. The van der Waals surface area contributed by atoms with E-state index in [0.717, 1.165) is 35.2 Å². The number of rotatable bonds is 14. The molecule has 0 heterocycles. The Bertz CT molecular complexity index is 1850. The molecule has 2 amide bonds. The van der Waals surface area contributed by atoms with Crippen LogP contribution in [0.25, 0.3) is 0 Å². The summed E-state index contributed by atoms with van der Waals surface area (Å²) in [4.78, 5) is 29.5. The van der Waals surface area contributed by atoms with Crippen molar-refractivity contribution in [2.24, 2.45) is 0 Å². The maximum atomic E-state index is 14.6. The monoisotopic (exact) mass is 713 g/mol. The number of nitrogens with one attached hydrogen (secondary N) is 1. The number of unbranched alkanes of at least 4 members (excludes halogenated alkanes) is 1. The summed E-state index contributed by atoms with van der Waals surface area (Å²) in [6, 6.07) is 23.8. The zero-order chi connectivity index (χ0) is 35.8. The third-order valence-corrected chi connectivity index (χ3v) is 10.1. The Hall–Kier alpha value is -4.35. The second kappa shape index (κ2) is 16.4. The maximum Gasteiger partial charge on any atom is 0.417 e. The molecule has 0 aromatic heterocycles. The van der Waals surface area contributed by atoms with Gasteiger partial charge in [-0.2, -0.15) is 13.2 Å². The molecule has 0 radical (unpaired) electrons. The molecular formula is C37H39ClF3N3O4S. The molecule has 4 rings (SSSR count). The highest BCUT2D eigenvalue weighted by atomic mass is 35.5. The molecule has 49 heavy (non-hydrogen) atoms. The first kappa shape index (κ1) is 37.5. The summed E-state index contributed by atoms with van der Waals surface area (Å²) in [7, 11) is -4.60. The fraction of sp³-hybridized carbons (Fsp3) is 0.297. The van der Waals surface area contributed by atoms with Crippen LogP contribution in [-0.4, -0.2) is 44.3 Å². The van der Waals surface area contributed by atoms with Gasteiger partial charge in [0, 0.05) is 19.5 Å². The quantitative estimate of drug-likeness (QED) is 0.136. The van der Waals surface area contributed by atoms with Crippen LogP contribution in [0.1, 0.15) is 47.6 Å². The largest absolute Gasteiger partial charge is 0.417 e. The summed E-state index contributed by atoms with van der Waals surface area (Å²) in [5, 5.41) is 2.29. The third-order valence-electron chi connectivity index (χ3n) is 7.97. The van der Waals surface area contributed by atoms with Crippen molar-refractivity contribution in [3.63, 3.8) is 0 Å². The van der Waals surface area contributed by atoms with Crippen LogP contribution >= 0.6 is 11.6 Å². The Morgan fingerprint density at radius 3 is 2.16 bits per heavy atom. The van der Waals surface area contributed by atoms with Crippen molar-refractivity contribution >= 4 is 39.1 Å². The van der Waals surface area contributed by atoms with Crippen molar-refractivity contribution < 1.29 is 31.2 Å². The molecule has 0 aliphatic rings. The number of aryl methyl sites for hydroxylation is 2. The summed E-state index contributed by atoms with van der Waals surface area (Å²) >= 11 is 5.89. The van der Waals surface area contributed by atoms with Crippen LogP contribution in [0, 0.1) is 13.8 Å². The summed E-state index contributed by atoms with van der Waals surface area (Å²) < 4.78 is 70.9. The van der Waals surface area contributed by atoms with Crippen molar-refractivity contribution in [1.82, 2.24) is 10.2 Å². The number of alkyl halides is 3. The fourth-order valence-corrected chi connectivity index (χ4v) is 6.95. The molecule has 0 aliphatic heterocycles. The highest BCUT2D eigenvalue weighted by Gasteiger charge is 2.37. The van der Waals surface area contributed by atoms with Crippen LogP contribution in [0.5, 0.6) is 0 Å². The highest BCUT2D eigenvalue weighted by molar-refractivity contribution is 7.92. The maximum absolute atomic E-state index is 14.6. The summed E-state index contributed by atoms with van der Waals surface area (Å²) in [6.07, 6.45) is -3.26. The molecule has 1 atom stereocenters. The number of hydrogen-bond donors (Lipinski definition) is 1. The first-order valence-electron chi connectivity index (χ1n) is 15.8. The van der Waals surface area contributed by atoms with Crippen molar-refractivity contribution in [3.05, 3.63) is 130 Å². The van der Waals surface area contributed by atoms with E-state index in [4.69, 9.17) is 11.6 Å². The van der Waals surface area contributed by atoms with Crippen molar-refractivity contribution in [2.45, 2.75) is 63.7 Å². The Kier molecular flexibility index (Phi) is 12.5. The van der Waals surface area contributed by atoms with E-state index in [0.29, 0.717) is 28.9 Å². The number of carbonyl (C=O) groups excluding carboxylic acids is 2. The van der Waals surface area contributed by atoms with Crippen molar-refractivity contribution in [2.75, 3.05) is 17.4 Å². The smallest absolute Gasteiger partial charge is 0.354 e. The van der Waals surface area contributed by atoms with Gasteiger partial charge in [-0.05, 0) is 61.7 Å². The van der Waals surface area contributed by atoms with E-state index in [2.05, 4.69) is 5.32 Å². The number of amides is 2. The van der Waals surface area contributed by atoms with Gasteiger partial charge in [0.05, 0.1) is 21.2 Å². The number of hydrogen-bond acceptors (Lipinski definition) is 4. The van der Waals surface area contributed by atoms with Crippen LogP contribution in [-0.2, 0) is 38.8 Å². The van der Waals surface area contributed by atoms with E-state index < -0.39 is 56.9 Å². The van der Waals surface area contributed by atoms with Crippen molar-refractivity contribution in [1.29, 1.82) is 0 Å². The molecule has 0 aliphatic carbocycles. The van der Waals surface area contributed by atoms with Crippen LogP contribution in [0.15, 0.2) is 102 Å². The van der Waals surface area contributed by atoms with E-state index >= 15 is 0 Å². The van der Waals surface area contributed by atoms with E-state index in [9.17, 15) is 31.2 Å². The molecule has 12 heteroatoms. The van der Waals surface area contributed by atoms with Gasteiger partial charge in [-0.3, -0.25) is 13.9 Å². The number of halogens is 4. The van der Waals surface area contributed by atoms with E-state index in [1.807, 2.05) is 56.3 Å².